The Kier molecular flexibility index (Phi) is 3.66. The van der Waals surface area contributed by atoms with Gasteiger partial charge < -0.3 is 0 Å². The zero-order chi connectivity index (χ0) is 11.5. The third kappa shape index (κ3) is 3.85. The second-order valence-electron chi connectivity index (χ2n) is 2.98. The van der Waals surface area contributed by atoms with Crippen molar-refractivity contribution < 1.29 is 13.2 Å². The normalized spacial score (nSPS) is 11.9. The van der Waals surface area contributed by atoms with E-state index >= 15 is 0 Å². The number of halogens is 1. The molecule has 0 aliphatic rings. The Labute approximate surface area is 93.3 Å². The van der Waals surface area contributed by atoms with Crippen molar-refractivity contribution in [1.82, 2.24) is 0 Å². The van der Waals surface area contributed by atoms with Gasteiger partial charge in [-0.3, -0.25) is 4.79 Å². The predicted molar refractivity (Wildman–Crippen MR) is 59.4 cm³/mol. The number of carbonyl (C=O) groups excluding carboxylic acids is 1. The lowest BCUT2D eigenvalue weighted by atomic mass is 10.2. The van der Waals surface area contributed by atoms with Gasteiger partial charge in [-0.2, -0.15) is 0 Å². The fourth-order valence-corrected chi connectivity index (χ4v) is 1.68. The van der Waals surface area contributed by atoms with E-state index in [1.54, 1.807) is 12.1 Å². The molecule has 0 aliphatic heterocycles. The predicted octanol–water partition coefficient (Wildman–Crippen LogP) is 1.87. The van der Waals surface area contributed by atoms with Crippen LogP contribution >= 0.6 is 11.6 Å². The van der Waals surface area contributed by atoms with Crippen molar-refractivity contribution in [3.63, 3.8) is 0 Å². The van der Waals surface area contributed by atoms with Gasteiger partial charge in [-0.05, 0) is 35.4 Å². The second-order valence-corrected chi connectivity index (χ2v) is 5.37. The second kappa shape index (κ2) is 4.59. The van der Waals surface area contributed by atoms with E-state index in [2.05, 4.69) is 0 Å². The molecule has 0 saturated heterocycles. The van der Waals surface area contributed by atoms with E-state index < -0.39 is 15.1 Å². The first-order valence-electron chi connectivity index (χ1n) is 4.07. The summed E-state index contributed by atoms with van der Waals surface area (Å²) in [4.78, 5) is 10.7. The van der Waals surface area contributed by atoms with E-state index in [9.17, 15) is 13.2 Å². The van der Waals surface area contributed by atoms with Gasteiger partial charge in [0, 0.05) is 6.26 Å². The average Bonchev–Trinajstić information content (AvgIpc) is 2.14. The highest BCUT2D eigenvalue weighted by atomic mass is 35.5. The molecule has 0 spiro atoms. The largest absolute Gasteiger partial charge is 0.276 e. The van der Waals surface area contributed by atoms with Gasteiger partial charge in [0.15, 0.2) is 9.84 Å². The highest BCUT2D eigenvalue weighted by molar-refractivity contribution is 7.90. The van der Waals surface area contributed by atoms with Crippen LogP contribution in [0.3, 0.4) is 0 Å². The molecule has 80 valence electrons. The Morgan fingerprint density at radius 1 is 1.27 bits per heavy atom. The standard InChI is InChI=1S/C10H9ClO3S/c1-15(13,14)9-5-2-8(3-6-9)4-7-10(11)12/h2-7H,1H3/b7-4+. The van der Waals surface area contributed by atoms with Crippen molar-refractivity contribution in [2.24, 2.45) is 0 Å². The molecule has 3 nitrogen and oxygen atoms in total. The Balaban J connectivity index is 2.96. The first kappa shape index (κ1) is 11.9. The fourth-order valence-electron chi connectivity index (χ4n) is 0.988. The Morgan fingerprint density at radius 2 is 1.80 bits per heavy atom. The molecule has 0 heterocycles. The molecule has 0 radical (unpaired) electrons. The van der Waals surface area contributed by atoms with Crippen LogP contribution in [0.1, 0.15) is 5.56 Å². The van der Waals surface area contributed by atoms with Crippen LogP contribution < -0.4 is 0 Å². The van der Waals surface area contributed by atoms with Crippen molar-refractivity contribution in [2.45, 2.75) is 4.90 Å². The Hall–Kier alpha value is -1.13. The molecule has 1 rings (SSSR count). The molecular formula is C10H9ClO3S. The maximum absolute atomic E-state index is 11.1. The molecule has 0 aromatic heterocycles. The van der Waals surface area contributed by atoms with Crippen LogP contribution in [0.2, 0.25) is 0 Å². The molecular weight excluding hydrogens is 236 g/mol. The minimum Gasteiger partial charge on any atom is -0.276 e. The van der Waals surface area contributed by atoms with Crippen LogP contribution in [-0.4, -0.2) is 19.9 Å². The van der Waals surface area contributed by atoms with Crippen LogP contribution in [0.15, 0.2) is 35.2 Å². The summed E-state index contributed by atoms with van der Waals surface area (Å²) in [5, 5.41) is -0.567. The van der Waals surface area contributed by atoms with Gasteiger partial charge in [0.2, 0.25) is 5.24 Å². The van der Waals surface area contributed by atoms with Crippen molar-refractivity contribution in [3.8, 4) is 0 Å². The van der Waals surface area contributed by atoms with Crippen molar-refractivity contribution in [3.05, 3.63) is 35.9 Å². The molecule has 0 bridgehead atoms. The van der Waals surface area contributed by atoms with E-state index in [1.165, 1.54) is 24.3 Å². The number of rotatable bonds is 3. The third-order valence-corrected chi connectivity index (χ3v) is 2.97. The van der Waals surface area contributed by atoms with Gasteiger partial charge in [0.1, 0.15) is 0 Å². The van der Waals surface area contributed by atoms with Crippen molar-refractivity contribution in [2.75, 3.05) is 6.26 Å². The Morgan fingerprint density at radius 3 is 2.20 bits per heavy atom. The van der Waals surface area contributed by atoms with Gasteiger partial charge in [-0.1, -0.05) is 18.2 Å². The maximum atomic E-state index is 11.1. The number of allylic oxidation sites excluding steroid dienone is 1. The first-order chi connectivity index (χ1) is 6.89. The van der Waals surface area contributed by atoms with Crippen molar-refractivity contribution in [1.29, 1.82) is 0 Å². The van der Waals surface area contributed by atoms with Gasteiger partial charge in [0.05, 0.1) is 4.90 Å². The van der Waals surface area contributed by atoms with Crippen LogP contribution in [0, 0.1) is 0 Å². The summed E-state index contributed by atoms with van der Waals surface area (Å²) in [5.41, 5.74) is 0.719. The summed E-state index contributed by atoms with van der Waals surface area (Å²) in [6.45, 7) is 0. The third-order valence-electron chi connectivity index (χ3n) is 1.72. The Bertz CT molecular complexity index is 486. The molecule has 15 heavy (non-hydrogen) atoms. The average molecular weight is 245 g/mol. The van der Waals surface area contributed by atoms with Gasteiger partial charge in [-0.25, -0.2) is 8.42 Å². The monoisotopic (exact) mass is 244 g/mol. The summed E-state index contributed by atoms with van der Waals surface area (Å²) in [6, 6.07) is 6.17. The SMILES string of the molecule is CS(=O)(=O)c1ccc(/C=C/C(=O)Cl)cc1. The quantitative estimate of drug-likeness (QED) is 0.603. The molecule has 1 aromatic carbocycles. The topological polar surface area (TPSA) is 51.2 Å². The molecule has 0 atom stereocenters. The lowest BCUT2D eigenvalue weighted by Gasteiger charge is -1.97. The molecule has 0 saturated carbocycles. The van der Waals surface area contributed by atoms with Crippen LogP contribution in [-0.2, 0) is 14.6 Å². The number of hydrogen-bond acceptors (Lipinski definition) is 3. The van der Waals surface area contributed by atoms with E-state index in [0.29, 0.717) is 0 Å². The van der Waals surface area contributed by atoms with Gasteiger partial charge >= 0.3 is 0 Å². The van der Waals surface area contributed by atoms with E-state index in [1.807, 2.05) is 0 Å². The van der Waals surface area contributed by atoms with Crippen LogP contribution in [0.5, 0.6) is 0 Å². The van der Waals surface area contributed by atoms with E-state index in [4.69, 9.17) is 11.6 Å². The smallest absolute Gasteiger partial charge is 0.245 e. The molecule has 0 amide bonds. The summed E-state index contributed by atoms with van der Waals surface area (Å²) in [7, 11) is -3.17. The fraction of sp³-hybridized carbons (Fsp3) is 0.100. The van der Waals surface area contributed by atoms with Crippen LogP contribution in [0.25, 0.3) is 6.08 Å². The van der Waals surface area contributed by atoms with E-state index in [0.717, 1.165) is 11.8 Å². The summed E-state index contributed by atoms with van der Waals surface area (Å²) in [6.07, 6.45) is 3.86. The zero-order valence-electron chi connectivity index (χ0n) is 7.98. The molecule has 5 heteroatoms. The highest BCUT2D eigenvalue weighted by Crippen LogP contribution is 2.11. The van der Waals surface area contributed by atoms with Gasteiger partial charge in [-0.15, -0.1) is 0 Å². The molecule has 0 fully saturated rings. The molecule has 1 aromatic rings. The minimum atomic E-state index is -3.17. The number of benzene rings is 1. The zero-order valence-corrected chi connectivity index (χ0v) is 9.55. The lowest BCUT2D eigenvalue weighted by molar-refractivity contribution is -0.107. The van der Waals surface area contributed by atoms with Crippen molar-refractivity contribution >= 4 is 32.8 Å². The number of hydrogen-bond donors (Lipinski definition) is 0. The first-order valence-corrected chi connectivity index (χ1v) is 6.34. The van der Waals surface area contributed by atoms with Gasteiger partial charge in [0.25, 0.3) is 0 Å². The molecule has 0 aliphatic carbocycles. The van der Waals surface area contributed by atoms with Crippen LogP contribution in [0.4, 0.5) is 0 Å². The summed E-state index contributed by atoms with van der Waals surface area (Å²) < 4.78 is 22.2. The summed E-state index contributed by atoms with van der Waals surface area (Å²) in [5.74, 6) is 0. The molecule has 0 N–H and O–H groups in total. The minimum absolute atomic E-state index is 0.247. The number of carbonyl (C=O) groups is 1. The highest BCUT2D eigenvalue weighted by Gasteiger charge is 2.04. The number of sulfone groups is 1. The maximum Gasteiger partial charge on any atom is 0.245 e. The molecule has 0 unspecified atom stereocenters. The lowest BCUT2D eigenvalue weighted by Crippen LogP contribution is -1.96. The summed E-state index contributed by atoms with van der Waals surface area (Å²) >= 11 is 5.11. The van der Waals surface area contributed by atoms with E-state index in [-0.39, 0.29) is 4.90 Å².